The summed E-state index contributed by atoms with van der Waals surface area (Å²) in [6.45, 7) is 0. The van der Waals surface area contributed by atoms with E-state index in [1.807, 2.05) is 12.1 Å². The van der Waals surface area contributed by atoms with Crippen LogP contribution in [0.1, 0.15) is 22.3 Å². The average Bonchev–Trinajstić information content (AvgIpc) is 2.41. The maximum absolute atomic E-state index is 11.4. The standard InChI is InChI=1S/C9H6BrIO/c10-9-6(11)3-1-5-2-4-7(12)8(5)9/h1,3H,2,4H2. The quantitative estimate of drug-likeness (QED) is 0.665. The zero-order chi connectivity index (χ0) is 8.72. The first-order chi connectivity index (χ1) is 5.70. The van der Waals surface area contributed by atoms with E-state index in [0.717, 1.165) is 20.0 Å². The molecule has 1 aliphatic rings. The van der Waals surface area contributed by atoms with Crippen molar-refractivity contribution >= 4 is 44.3 Å². The highest BCUT2D eigenvalue weighted by Crippen LogP contribution is 2.32. The van der Waals surface area contributed by atoms with Gasteiger partial charge in [-0.05, 0) is 56.6 Å². The molecule has 1 aromatic rings. The number of benzene rings is 1. The van der Waals surface area contributed by atoms with Crippen molar-refractivity contribution in [3.63, 3.8) is 0 Å². The van der Waals surface area contributed by atoms with Crippen LogP contribution >= 0.6 is 38.5 Å². The number of hydrogen-bond acceptors (Lipinski definition) is 1. The number of halogens is 2. The van der Waals surface area contributed by atoms with Gasteiger partial charge in [0, 0.05) is 20.0 Å². The third-order valence-corrected chi connectivity index (χ3v) is 4.55. The first-order valence-electron chi connectivity index (χ1n) is 3.70. The molecule has 0 saturated carbocycles. The number of fused-ring (bicyclic) bond motifs is 1. The van der Waals surface area contributed by atoms with E-state index in [1.54, 1.807) is 0 Å². The van der Waals surface area contributed by atoms with Crippen molar-refractivity contribution in [2.24, 2.45) is 0 Å². The topological polar surface area (TPSA) is 17.1 Å². The zero-order valence-electron chi connectivity index (χ0n) is 6.23. The van der Waals surface area contributed by atoms with Gasteiger partial charge in [0.15, 0.2) is 5.78 Å². The van der Waals surface area contributed by atoms with Crippen LogP contribution in [0, 0.1) is 3.57 Å². The molecular weight excluding hydrogens is 331 g/mol. The van der Waals surface area contributed by atoms with Crippen LogP contribution in [0.5, 0.6) is 0 Å². The summed E-state index contributed by atoms with van der Waals surface area (Å²) >= 11 is 5.67. The van der Waals surface area contributed by atoms with Gasteiger partial charge in [0.2, 0.25) is 0 Å². The first-order valence-corrected chi connectivity index (χ1v) is 5.57. The Labute approximate surface area is 92.8 Å². The summed E-state index contributed by atoms with van der Waals surface area (Å²) in [6, 6.07) is 4.09. The lowest BCUT2D eigenvalue weighted by molar-refractivity contribution is 0.0994. The molecule has 62 valence electrons. The Kier molecular flexibility index (Phi) is 2.25. The molecule has 0 radical (unpaired) electrons. The van der Waals surface area contributed by atoms with Gasteiger partial charge in [-0.3, -0.25) is 4.79 Å². The Morgan fingerprint density at radius 1 is 1.33 bits per heavy atom. The molecule has 3 heteroatoms. The highest BCUT2D eigenvalue weighted by atomic mass is 127. The van der Waals surface area contributed by atoms with Crippen molar-refractivity contribution in [2.75, 3.05) is 0 Å². The van der Waals surface area contributed by atoms with E-state index < -0.39 is 0 Å². The Balaban J connectivity index is 2.71. The molecule has 0 amide bonds. The van der Waals surface area contributed by atoms with E-state index in [9.17, 15) is 4.79 Å². The summed E-state index contributed by atoms with van der Waals surface area (Å²) in [4.78, 5) is 11.4. The molecule has 2 rings (SSSR count). The van der Waals surface area contributed by atoms with Crippen LogP contribution in [0.4, 0.5) is 0 Å². The third kappa shape index (κ3) is 1.23. The fourth-order valence-electron chi connectivity index (χ4n) is 1.47. The van der Waals surface area contributed by atoms with Crippen LogP contribution in [-0.2, 0) is 6.42 Å². The molecule has 0 fully saturated rings. The van der Waals surface area contributed by atoms with Crippen molar-refractivity contribution in [2.45, 2.75) is 12.8 Å². The van der Waals surface area contributed by atoms with Crippen molar-refractivity contribution in [3.8, 4) is 0 Å². The number of carbonyl (C=O) groups excluding carboxylic acids is 1. The van der Waals surface area contributed by atoms with Gasteiger partial charge in [0.05, 0.1) is 0 Å². The Morgan fingerprint density at radius 3 is 2.83 bits per heavy atom. The van der Waals surface area contributed by atoms with Crippen LogP contribution in [0.25, 0.3) is 0 Å². The lowest BCUT2D eigenvalue weighted by Gasteiger charge is -2.02. The molecule has 1 aliphatic carbocycles. The molecule has 0 N–H and O–H groups in total. The van der Waals surface area contributed by atoms with Crippen molar-refractivity contribution in [1.82, 2.24) is 0 Å². The maximum Gasteiger partial charge on any atom is 0.164 e. The Bertz CT molecular complexity index is 360. The van der Waals surface area contributed by atoms with Crippen LogP contribution in [0.3, 0.4) is 0 Å². The van der Waals surface area contributed by atoms with Gasteiger partial charge in [-0.1, -0.05) is 6.07 Å². The highest BCUT2D eigenvalue weighted by molar-refractivity contribution is 14.1. The van der Waals surface area contributed by atoms with E-state index >= 15 is 0 Å². The van der Waals surface area contributed by atoms with E-state index in [2.05, 4.69) is 38.5 Å². The van der Waals surface area contributed by atoms with Gasteiger partial charge in [0.25, 0.3) is 0 Å². The van der Waals surface area contributed by atoms with E-state index in [0.29, 0.717) is 6.42 Å². The van der Waals surface area contributed by atoms with Gasteiger partial charge in [-0.25, -0.2) is 0 Å². The van der Waals surface area contributed by atoms with Gasteiger partial charge in [-0.15, -0.1) is 0 Å². The summed E-state index contributed by atoms with van der Waals surface area (Å²) in [7, 11) is 0. The molecule has 0 bridgehead atoms. The molecule has 0 saturated heterocycles. The van der Waals surface area contributed by atoms with Crippen molar-refractivity contribution in [3.05, 3.63) is 31.3 Å². The molecule has 12 heavy (non-hydrogen) atoms. The van der Waals surface area contributed by atoms with Crippen LogP contribution in [-0.4, -0.2) is 5.78 Å². The van der Waals surface area contributed by atoms with E-state index in [1.165, 1.54) is 5.56 Å². The lowest BCUT2D eigenvalue weighted by Crippen LogP contribution is -1.94. The van der Waals surface area contributed by atoms with Crippen molar-refractivity contribution < 1.29 is 4.79 Å². The van der Waals surface area contributed by atoms with Gasteiger partial charge in [-0.2, -0.15) is 0 Å². The molecule has 0 heterocycles. The zero-order valence-corrected chi connectivity index (χ0v) is 9.98. The molecule has 0 spiro atoms. The third-order valence-electron chi connectivity index (χ3n) is 2.08. The minimum absolute atomic E-state index is 0.274. The van der Waals surface area contributed by atoms with Crippen LogP contribution in [0.15, 0.2) is 16.6 Å². The minimum atomic E-state index is 0.274. The number of ketones is 1. The fraction of sp³-hybridized carbons (Fsp3) is 0.222. The second-order valence-electron chi connectivity index (χ2n) is 2.82. The maximum atomic E-state index is 11.4. The highest BCUT2D eigenvalue weighted by Gasteiger charge is 2.22. The Morgan fingerprint density at radius 2 is 2.08 bits per heavy atom. The number of aryl methyl sites for hydroxylation is 1. The summed E-state index contributed by atoms with van der Waals surface area (Å²) in [5.74, 6) is 0.274. The summed E-state index contributed by atoms with van der Waals surface area (Å²) in [5, 5.41) is 0. The Hall–Kier alpha value is 0.1000. The molecular formula is C9H6BrIO. The summed E-state index contributed by atoms with van der Waals surface area (Å²) < 4.78 is 2.09. The molecule has 1 aromatic carbocycles. The van der Waals surface area contributed by atoms with E-state index in [4.69, 9.17) is 0 Å². The molecule has 1 nitrogen and oxygen atoms in total. The molecule has 0 unspecified atom stereocenters. The second-order valence-corrected chi connectivity index (χ2v) is 4.77. The van der Waals surface area contributed by atoms with Crippen LogP contribution < -0.4 is 0 Å². The fourth-order valence-corrected chi connectivity index (χ4v) is 2.53. The first kappa shape index (κ1) is 8.69. The monoisotopic (exact) mass is 336 g/mol. The predicted molar refractivity (Wildman–Crippen MR) is 59.5 cm³/mol. The average molecular weight is 337 g/mol. The smallest absolute Gasteiger partial charge is 0.164 e. The SMILES string of the molecule is O=C1CCc2ccc(I)c(Br)c21. The molecule has 0 atom stereocenters. The van der Waals surface area contributed by atoms with Gasteiger partial charge < -0.3 is 0 Å². The van der Waals surface area contributed by atoms with Crippen molar-refractivity contribution in [1.29, 1.82) is 0 Å². The number of Topliss-reactive ketones (excluding diaryl/α,β-unsaturated/α-hetero) is 1. The lowest BCUT2D eigenvalue weighted by atomic mass is 10.1. The molecule has 0 aromatic heterocycles. The number of hydrogen-bond donors (Lipinski definition) is 0. The van der Waals surface area contributed by atoms with Crippen LogP contribution in [0.2, 0.25) is 0 Å². The predicted octanol–water partition coefficient (Wildman–Crippen LogP) is 3.18. The normalized spacial score (nSPS) is 15.0. The number of rotatable bonds is 0. The second kappa shape index (κ2) is 3.10. The minimum Gasteiger partial charge on any atom is -0.294 e. The summed E-state index contributed by atoms with van der Waals surface area (Å²) in [5.41, 5.74) is 2.09. The van der Waals surface area contributed by atoms with E-state index in [-0.39, 0.29) is 5.78 Å². The summed E-state index contributed by atoms with van der Waals surface area (Å²) in [6.07, 6.45) is 1.58. The molecule has 0 aliphatic heterocycles. The van der Waals surface area contributed by atoms with Gasteiger partial charge in [0.1, 0.15) is 0 Å². The van der Waals surface area contributed by atoms with Gasteiger partial charge >= 0.3 is 0 Å². The number of carbonyl (C=O) groups is 1. The largest absolute Gasteiger partial charge is 0.294 e.